The number of anilines is 2. The molecule has 0 aromatic heterocycles. The second-order valence-electron chi connectivity index (χ2n) is 12.5. The molecule has 6 nitrogen and oxygen atoms in total. The van der Waals surface area contributed by atoms with E-state index in [4.69, 9.17) is 0 Å². The van der Waals surface area contributed by atoms with E-state index in [2.05, 4.69) is 28.5 Å². The maximum absolute atomic E-state index is 13.6. The third-order valence-corrected chi connectivity index (χ3v) is 9.67. The highest BCUT2D eigenvalue weighted by molar-refractivity contribution is 6.02. The molecule has 190 valence electrons. The number of amides is 3. The van der Waals surface area contributed by atoms with Gasteiger partial charge < -0.3 is 20.4 Å². The number of carbonyl (C=O) groups is 2. The Labute approximate surface area is 210 Å². The Morgan fingerprint density at radius 2 is 1.51 bits per heavy atom. The fraction of sp³-hybridized carbons (Fsp3) is 0.724. The maximum atomic E-state index is 13.6. The van der Waals surface area contributed by atoms with Crippen molar-refractivity contribution in [2.24, 2.45) is 23.7 Å². The topological polar surface area (TPSA) is 64.7 Å². The van der Waals surface area contributed by atoms with Gasteiger partial charge in [0, 0.05) is 43.1 Å². The van der Waals surface area contributed by atoms with Crippen molar-refractivity contribution in [3.8, 4) is 0 Å². The lowest BCUT2D eigenvalue weighted by Crippen LogP contribution is -2.60. The fourth-order valence-corrected chi connectivity index (χ4v) is 8.24. The predicted octanol–water partition coefficient (Wildman–Crippen LogP) is 5.64. The molecule has 35 heavy (non-hydrogen) atoms. The minimum Gasteiger partial charge on any atom is -0.371 e. The monoisotopic (exact) mass is 478 g/mol. The zero-order valence-electron chi connectivity index (χ0n) is 21.4. The van der Waals surface area contributed by atoms with Crippen LogP contribution in [0, 0.1) is 23.7 Å². The van der Waals surface area contributed by atoms with Gasteiger partial charge in [-0.2, -0.15) is 0 Å². The van der Waals surface area contributed by atoms with Gasteiger partial charge in [-0.3, -0.25) is 4.79 Å². The van der Waals surface area contributed by atoms with Crippen molar-refractivity contribution in [3.63, 3.8) is 0 Å². The van der Waals surface area contributed by atoms with Gasteiger partial charge in [0.1, 0.15) is 0 Å². The minimum absolute atomic E-state index is 0.0181. The normalized spacial score (nSPS) is 32.5. The van der Waals surface area contributed by atoms with E-state index in [-0.39, 0.29) is 17.5 Å². The summed E-state index contributed by atoms with van der Waals surface area (Å²) in [6.45, 7) is 5.95. The molecule has 4 bridgehead atoms. The first-order chi connectivity index (χ1) is 17.0. The van der Waals surface area contributed by atoms with Crippen LogP contribution in [0.1, 0.15) is 87.9 Å². The van der Waals surface area contributed by atoms with Crippen LogP contribution in [0.15, 0.2) is 18.2 Å². The van der Waals surface area contributed by atoms with Crippen LogP contribution >= 0.6 is 0 Å². The molecule has 6 heteroatoms. The fourth-order valence-electron chi connectivity index (χ4n) is 8.24. The standard InChI is InChI=1S/C29H42N4O2/c1-20-7-11-32(12-8-20)26-6-5-24(16-25(26)27(34)33-9-3-2-4-10-33)30-28(35)31-29-17-21-13-22(18-29)15-23(14-21)19-29/h5-6,16,20-23H,2-4,7-15,17-19H2,1H3,(H2,30,31,35). The largest absolute Gasteiger partial charge is 0.371 e. The molecule has 2 aliphatic heterocycles. The van der Waals surface area contributed by atoms with E-state index in [1.54, 1.807) is 0 Å². The molecule has 6 fully saturated rings. The van der Waals surface area contributed by atoms with E-state index in [0.29, 0.717) is 0 Å². The van der Waals surface area contributed by atoms with E-state index >= 15 is 0 Å². The summed E-state index contributed by atoms with van der Waals surface area (Å²) in [7, 11) is 0. The van der Waals surface area contributed by atoms with Crippen molar-refractivity contribution < 1.29 is 9.59 Å². The van der Waals surface area contributed by atoms with Gasteiger partial charge in [0.15, 0.2) is 0 Å². The third-order valence-electron chi connectivity index (χ3n) is 9.67. The van der Waals surface area contributed by atoms with E-state index < -0.39 is 0 Å². The first kappa shape index (κ1) is 23.2. The number of urea groups is 1. The summed E-state index contributed by atoms with van der Waals surface area (Å²) in [4.78, 5) is 31.2. The summed E-state index contributed by atoms with van der Waals surface area (Å²) in [5, 5.41) is 6.53. The summed E-state index contributed by atoms with van der Waals surface area (Å²) in [6, 6.07) is 5.87. The number of benzene rings is 1. The Hall–Kier alpha value is -2.24. The molecule has 3 amide bonds. The van der Waals surface area contributed by atoms with Crippen molar-refractivity contribution in [2.45, 2.75) is 83.1 Å². The van der Waals surface area contributed by atoms with Crippen LogP contribution in [0.5, 0.6) is 0 Å². The van der Waals surface area contributed by atoms with Crippen LogP contribution in [0.25, 0.3) is 0 Å². The summed E-state index contributed by atoms with van der Waals surface area (Å²) in [5.41, 5.74) is 2.48. The van der Waals surface area contributed by atoms with Crippen molar-refractivity contribution in [1.82, 2.24) is 10.2 Å². The van der Waals surface area contributed by atoms with E-state index in [1.165, 1.54) is 25.7 Å². The van der Waals surface area contributed by atoms with E-state index in [1.807, 2.05) is 17.0 Å². The lowest BCUT2D eigenvalue weighted by molar-refractivity contribution is -0.0127. The van der Waals surface area contributed by atoms with Crippen molar-refractivity contribution in [2.75, 3.05) is 36.4 Å². The van der Waals surface area contributed by atoms with Gasteiger partial charge in [-0.15, -0.1) is 0 Å². The number of piperidine rings is 2. The van der Waals surface area contributed by atoms with Crippen LogP contribution < -0.4 is 15.5 Å². The number of nitrogens with zero attached hydrogens (tertiary/aromatic N) is 2. The second kappa shape index (κ2) is 9.33. The number of carbonyl (C=O) groups excluding carboxylic acids is 2. The highest BCUT2D eigenvalue weighted by Gasteiger charge is 2.51. The van der Waals surface area contributed by atoms with Crippen molar-refractivity contribution >= 4 is 23.3 Å². The van der Waals surface area contributed by atoms with Crippen LogP contribution in [0.2, 0.25) is 0 Å². The molecule has 2 N–H and O–H groups in total. The van der Waals surface area contributed by atoms with Gasteiger partial charge in [0.25, 0.3) is 5.91 Å². The lowest BCUT2D eigenvalue weighted by atomic mass is 9.53. The first-order valence-corrected chi connectivity index (χ1v) is 14.2. The summed E-state index contributed by atoms with van der Waals surface area (Å²) >= 11 is 0. The molecule has 0 atom stereocenters. The lowest BCUT2D eigenvalue weighted by Gasteiger charge is -2.56. The highest BCUT2D eigenvalue weighted by atomic mass is 16.2. The Morgan fingerprint density at radius 1 is 0.886 bits per heavy atom. The molecule has 4 saturated carbocycles. The van der Waals surface area contributed by atoms with E-state index in [0.717, 1.165) is 112 Å². The molecule has 6 aliphatic rings. The van der Waals surface area contributed by atoms with Gasteiger partial charge in [-0.05, 0) is 112 Å². The first-order valence-electron chi connectivity index (χ1n) is 14.2. The third kappa shape index (κ3) is 4.77. The Balaban J connectivity index is 1.20. The molecule has 1 aromatic carbocycles. The molecule has 0 unspecified atom stereocenters. The van der Waals surface area contributed by atoms with Crippen LogP contribution in [-0.4, -0.2) is 48.6 Å². The number of rotatable bonds is 4. The van der Waals surface area contributed by atoms with Gasteiger partial charge in [-0.25, -0.2) is 4.79 Å². The van der Waals surface area contributed by atoms with Crippen LogP contribution in [-0.2, 0) is 0 Å². The summed E-state index contributed by atoms with van der Waals surface area (Å²) in [5.74, 6) is 3.23. The summed E-state index contributed by atoms with van der Waals surface area (Å²) < 4.78 is 0. The molecule has 0 spiro atoms. The number of hydrogen-bond donors (Lipinski definition) is 2. The highest BCUT2D eigenvalue weighted by Crippen LogP contribution is 2.55. The molecule has 1 aromatic rings. The molecule has 2 heterocycles. The second-order valence-corrected chi connectivity index (χ2v) is 12.5. The van der Waals surface area contributed by atoms with Crippen molar-refractivity contribution in [1.29, 1.82) is 0 Å². The molecule has 4 aliphatic carbocycles. The van der Waals surface area contributed by atoms with Gasteiger partial charge in [0.2, 0.25) is 0 Å². The Bertz CT molecular complexity index is 926. The van der Waals surface area contributed by atoms with Crippen LogP contribution in [0.3, 0.4) is 0 Å². The Morgan fingerprint density at radius 3 is 2.14 bits per heavy atom. The molecule has 0 radical (unpaired) electrons. The number of nitrogens with one attached hydrogen (secondary N) is 2. The zero-order valence-corrected chi connectivity index (χ0v) is 21.4. The minimum atomic E-state index is -0.108. The molecular weight excluding hydrogens is 436 g/mol. The average Bonchev–Trinajstić information content (AvgIpc) is 2.83. The van der Waals surface area contributed by atoms with Crippen LogP contribution in [0.4, 0.5) is 16.2 Å². The van der Waals surface area contributed by atoms with Crippen molar-refractivity contribution in [3.05, 3.63) is 23.8 Å². The maximum Gasteiger partial charge on any atom is 0.319 e. The van der Waals surface area contributed by atoms with Gasteiger partial charge in [0.05, 0.1) is 5.56 Å². The molecular formula is C29H42N4O2. The molecule has 2 saturated heterocycles. The smallest absolute Gasteiger partial charge is 0.319 e. The van der Waals surface area contributed by atoms with E-state index in [9.17, 15) is 9.59 Å². The quantitative estimate of drug-likeness (QED) is 0.589. The predicted molar refractivity (Wildman–Crippen MR) is 140 cm³/mol. The Kier molecular flexibility index (Phi) is 6.18. The summed E-state index contributed by atoms with van der Waals surface area (Å²) in [6.07, 6.45) is 13.2. The number of likely N-dealkylation sites (tertiary alicyclic amines) is 1. The SMILES string of the molecule is CC1CCN(c2ccc(NC(=O)NC34CC5CC(CC(C5)C3)C4)cc2C(=O)N2CCCCC2)CC1. The average molecular weight is 479 g/mol. The zero-order chi connectivity index (χ0) is 24.0. The number of hydrogen-bond acceptors (Lipinski definition) is 3. The van der Waals surface area contributed by atoms with Gasteiger partial charge in [-0.1, -0.05) is 6.92 Å². The van der Waals surface area contributed by atoms with Gasteiger partial charge >= 0.3 is 6.03 Å². The molecule has 7 rings (SSSR count).